The van der Waals surface area contributed by atoms with Crippen molar-refractivity contribution in [2.75, 3.05) is 13.1 Å². The van der Waals surface area contributed by atoms with Crippen molar-refractivity contribution < 1.29 is 4.79 Å². The highest BCUT2D eigenvalue weighted by Crippen LogP contribution is 2.21. The van der Waals surface area contributed by atoms with Gasteiger partial charge in [-0.25, -0.2) is 0 Å². The van der Waals surface area contributed by atoms with Gasteiger partial charge in [-0.05, 0) is 66.5 Å². The molecule has 1 aromatic carbocycles. The van der Waals surface area contributed by atoms with E-state index in [1.165, 1.54) is 0 Å². The molecule has 1 unspecified atom stereocenters. The van der Waals surface area contributed by atoms with E-state index in [2.05, 4.69) is 42.5 Å². The minimum absolute atomic E-state index is 0.00456. The average Bonchev–Trinajstić information content (AvgIpc) is 2.61. The van der Waals surface area contributed by atoms with Crippen LogP contribution >= 0.6 is 31.9 Å². The Bertz CT molecular complexity index is 429. The molecule has 2 rings (SSSR count). The van der Waals surface area contributed by atoms with Crippen LogP contribution in [-0.4, -0.2) is 25.0 Å². The van der Waals surface area contributed by atoms with Gasteiger partial charge in [0.1, 0.15) is 0 Å². The number of hydrogen-bond acceptors (Lipinski definition) is 2. The Hall–Kier alpha value is -0.390. The first kappa shape index (κ1) is 14.0. The molecule has 5 heteroatoms. The predicted octanol–water partition coefficient (Wildman–Crippen LogP) is 3.08. The van der Waals surface area contributed by atoms with Gasteiger partial charge in [-0.3, -0.25) is 4.79 Å². The zero-order valence-electron chi connectivity index (χ0n) is 10.0. The highest BCUT2D eigenvalue weighted by molar-refractivity contribution is 9.11. The molecule has 1 saturated heterocycles. The summed E-state index contributed by atoms with van der Waals surface area (Å²) < 4.78 is 1.74. The predicted molar refractivity (Wildman–Crippen MR) is 79.8 cm³/mol. The zero-order valence-corrected chi connectivity index (χ0v) is 13.2. The molecule has 1 aromatic rings. The molecule has 1 aliphatic rings. The summed E-state index contributed by atoms with van der Waals surface area (Å²) in [5.41, 5.74) is 0.682. The van der Waals surface area contributed by atoms with E-state index in [4.69, 9.17) is 0 Å². The van der Waals surface area contributed by atoms with Crippen LogP contribution in [0.15, 0.2) is 27.1 Å². The van der Waals surface area contributed by atoms with Gasteiger partial charge in [0, 0.05) is 15.0 Å². The van der Waals surface area contributed by atoms with Crippen molar-refractivity contribution in [2.45, 2.75) is 25.3 Å². The Morgan fingerprint density at radius 3 is 2.94 bits per heavy atom. The number of benzene rings is 1. The van der Waals surface area contributed by atoms with Crippen molar-refractivity contribution in [3.8, 4) is 0 Å². The lowest BCUT2D eigenvalue weighted by atomic mass is 10.1. The SMILES string of the molecule is O=C(NC1CCCNCC1)c1cc(Br)ccc1Br. The van der Waals surface area contributed by atoms with Crippen molar-refractivity contribution >= 4 is 37.8 Å². The van der Waals surface area contributed by atoms with Crippen LogP contribution in [0.1, 0.15) is 29.6 Å². The molecule has 98 valence electrons. The van der Waals surface area contributed by atoms with Crippen LogP contribution in [0, 0.1) is 0 Å². The number of nitrogens with one attached hydrogen (secondary N) is 2. The molecule has 0 aliphatic carbocycles. The zero-order chi connectivity index (χ0) is 13.0. The first-order valence-electron chi connectivity index (χ1n) is 6.13. The fourth-order valence-corrected chi connectivity index (χ4v) is 2.89. The second-order valence-corrected chi connectivity index (χ2v) is 6.25. The maximum absolute atomic E-state index is 12.2. The third kappa shape index (κ3) is 3.80. The summed E-state index contributed by atoms with van der Waals surface area (Å²) in [5.74, 6) is -0.00456. The van der Waals surface area contributed by atoms with E-state index in [0.29, 0.717) is 5.56 Å². The number of hydrogen-bond donors (Lipinski definition) is 2. The Morgan fingerprint density at radius 2 is 2.11 bits per heavy atom. The first-order valence-corrected chi connectivity index (χ1v) is 7.72. The van der Waals surface area contributed by atoms with E-state index >= 15 is 0 Å². The number of carbonyl (C=O) groups excluding carboxylic acids is 1. The second-order valence-electron chi connectivity index (χ2n) is 4.48. The van der Waals surface area contributed by atoms with Gasteiger partial charge in [0.15, 0.2) is 0 Å². The minimum Gasteiger partial charge on any atom is -0.349 e. The summed E-state index contributed by atoms with van der Waals surface area (Å²) in [7, 11) is 0. The molecule has 1 amide bonds. The molecular weight excluding hydrogens is 360 g/mol. The van der Waals surface area contributed by atoms with Crippen LogP contribution in [0.2, 0.25) is 0 Å². The first-order chi connectivity index (χ1) is 8.66. The smallest absolute Gasteiger partial charge is 0.252 e. The van der Waals surface area contributed by atoms with Crippen molar-refractivity contribution in [2.24, 2.45) is 0 Å². The van der Waals surface area contributed by atoms with Gasteiger partial charge in [-0.15, -0.1) is 0 Å². The summed E-state index contributed by atoms with van der Waals surface area (Å²) in [5, 5.41) is 6.46. The Kier molecular flexibility index (Phi) is 5.21. The summed E-state index contributed by atoms with van der Waals surface area (Å²) >= 11 is 6.81. The topological polar surface area (TPSA) is 41.1 Å². The fourth-order valence-electron chi connectivity index (χ4n) is 2.10. The molecule has 0 radical (unpaired) electrons. The Balaban J connectivity index is 2.04. The maximum atomic E-state index is 12.2. The van der Waals surface area contributed by atoms with Crippen molar-refractivity contribution in [3.05, 3.63) is 32.7 Å². The molecular formula is C13H16Br2N2O. The second kappa shape index (κ2) is 6.68. The largest absolute Gasteiger partial charge is 0.349 e. The van der Waals surface area contributed by atoms with E-state index in [1.54, 1.807) is 0 Å². The fraction of sp³-hybridized carbons (Fsp3) is 0.462. The summed E-state index contributed by atoms with van der Waals surface area (Å²) in [6.07, 6.45) is 3.16. The summed E-state index contributed by atoms with van der Waals surface area (Å²) in [4.78, 5) is 12.2. The van der Waals surface area contributed by atoms with Gasteiger partial charge in [0.2, 0.25) is 0 Å². The molecule has 18 heavy (non-hydrogen) atoms. The molecule has 1 heterocycles. The number of amides is 1. The van der Waals surface area contributed by atoms with Gasteiger partial charge in [-0.1, -0.05) is 15.9 Å². The van der Waals surface area contributed by atoms with Gasteiger partial charge < -0.3 is 10.6 Å². The molecule has 0 saturated carbocycles. The van der Waals surface area contributed by atoms with E-state index < -0.39 is 0 Å². The van der Waals surface area contributed by atoms with Crippen molar-refractivity contribution in [1.82, 2.24) is 10.6 Å². The van der Waals surface area contributed by atoms with Crippen LogP contribution in [0.3, 0.4) is 0 Å². The third-order valence-corrected chi connectivity index (χ3v) is 4.27. The highest BCUT2D eigenvalue weighted by atomic mass is 79.9. The average molecular weight is 376 g/mol. The number of halogens is 2. The van der Waals surface area contributed by atoms with E-state index in [0.717, 1.165) is 41.3 Å². The summed E-state index contributed by atoms with van der Waals surface area (Å²) in [6.45, 7) is 2.03. The molecule has 3 nitrogen and oxygen atoms in total. The lowest BCUT2D eigenvalue weighted by molar-refractivity contribution is 0.0933. The molecule has 0 aromatic heterocycles. The van der Waals surface area contributed by atoms with Gasteiger partial charge in [-0.2, -0.15) is 0 Å². The molecule has 0 bridgehead atoms. The number of rotatable bonds is 2. The Labute approximate surface area is 124 Å². The number of carbonyl (C=O) groups is 1. The van der Waals surface area contributed by atoms with E-state index in [-0.39, 0.29) is 11.9 Å². The molecule has 0 spiro atoms. The standard InChI is InChI=1S/C13H16Br2N2O/c14-9-3-4-12(15)11(8-9)13(18)17-10-2-1-6-16-7-5-10/h3-4,8,10,16H,1-2,5-7H2,(H,17,18). The van der Waals surface area contributed by atoms with Crippen molar-refractivity contribution in [3.63, 3.8) is 0 Å². The third-order valence-electron chi connectivity index (χ3n) is 3.08. The lowest BCUT2D eigenvalue weighted by Crippen LogP contribution is -2.35. The van der Waals surface area contributed by atoms with Crippen LogP contribution in [0.25, 0.3) is 0 Å². The van der Waals surface area contributed by atoms with Gasteiger partial charge in [0.05, 0.1) is 5.56 Å². The normalized spacial score (nSPS) is 20.2. The van der Waals surface area contributed by atoms with Crippen LogP contribution in [0.4, 0.5) is 0 Å². The van der Waals surface area contributed by atoms with E-state index in [9.17, 15) is 4.79 Å². The van der Waals surface area contributed by atoms with Gasteiger partial charge in [0.25, 0.3) is 5.91 Å². The molecule has 1 fully saturated rings. The van der Waals surface area contributed by atoms with Gasteiger partial charge >= 0.3 is 0 Å². The van der Waals surface area contributed by atoms with E-state index in [1.807, 2.05) is 18.2 Å². The van der Waals surface area contributed by atoms with Crippen LogP contribution in [-0.2, 0) is 0 Å². The minimum atomic E-state index is -0.00456. The molecule has 1 aliphatic heterocycles. The van der Waals surface area contributed by atoms with Crippen LogP contribution < -0.4 is 10.6 Å². The maximum Gasteiger partial charge on any atom is 0.252 e. The quantitative estimate of drug-likeness (QED) is 0.833. The highest BCUT2D eigenvalue weighted by Gasteiger charge is 2.17. The lowest BCUT2D eigenvalue weighted by Gasteiger charge is -2.16. The molecule has 2 N–H and O–H groups in total. The molecule has 1 atom stereocenters. The van der Waals surface area contributed by atoms with Crippen molar-refractivity contribution in [1.29, 1.82) is 0 Å². The monoisotopic (exact) mass is 374 g/mol. The summed E-state index contributed by atoms with van der Waals surface area (Å²) in [6, 6.07) is 5.91. The Morgan fingerprint density at radius 1 is 1.28 bits per heavy atom. The van der Waals surface area contributed by atoms with Crippen LogP contribution in [0.5, 0.6) is 0 Å².